The molecular formula is C38H42ClN3O5S. The van der Waals surface area contributed by atoms with Crippen LogP contribution in [0.5, 0.6) is 5.75 Å². The van der Waals surface area contributed by atoms with E-state index in [-0.39, 0.29) is 35.5 Å². The molecule has 0 spiro atoms. The van der Waals surface area contributed by atoms with Crippen molar-refractivity contribution in [3.63, 3.8) is 0 Å². The maximum absolute atomic E-state index is 14.7. The number of carbonyl (C=O) groups is 2. The largest absolute Gasteiger partial charge is 0.497 e. The number of rotatable bonds is 13. The fraction of sp³-hybridized carbons (Fsp3) is 0.316. The van der Waals surface area contributed by atoms with Gasteiger partial charge in [-0.15, -0.1) is 0 Å². The third-order valence-electron chi connectivity index (χ3n) is 8.69. The van der Waals surface area contributed by atoms with Crippen molar-refractivity contribution in [2.75, 3.05) is 18.0 Å². The van der Waals surface area contributed by atoms with E-state index in [1.807, 2.05) is 43.3 Å². The molecule has 1 N–H and O–H groups in total. The number of halogens is 1. The van der Waals surface area contributed by atoms with Gasteiger partial charge in [0.15, 0.2) is 0 Å². The van der Waals surface area contributed by atoms with Gasteiger partial charge in [0.1, 0.15) is 18.3 Å². The Morgan fingerprint density at radius 1 is 0.875 bits per heavy atom. The lowest BCUT2D eigenvalue weighted by Gasteiger charge is -2.35. The molecule has 1 saturated carbocycles. The van der Waals surface area contributed by atoms with Crippen LogP contribution < -0.4 is 14.4 Å². The predicted molar refractivity (Wildman–Crippen MR) is 190 cm³/mol. The molecule has 1 aliphatic carbocycles. The Bertz CT molecular complexity index is 1790. The Kier molecular flexibility index (Phi) is 11.8. The molecule has 0 aliphatic heterocycles. The molecule has 2 amide bonds. The zero-order chi connectivity index (χ0) is 34.1. The average molecular weight is 688 g/mol. The number of nitrogens with one attached hydrogen (secondary N) is 1. The van der Waals surface area contributed by atoms with E-state index in [1.165, 1.54) is 24.1 Å². The lowest BCUT2D eigenvalue weighted by atomic mass is 9.94. The number of amides is 2. The molecule has 252 valence electrons. The van der Waals surface area contributed by atoms with Crippen LogP contribution in [0.2, 0.25) is 5.02 Å². The zero-order valence-electron chi connectivity index (χ0n) is 27.3. The number of aryl methyl sites for hydroxylation is 1. The van der Waals surface area contributed by atoms with Crippen molar-refractivity contribution in [1.82, 2.24) is 10.2 Å². The van der Waals surface area contributed by atoms with Crippen LogP contribution in [0.15, 0.2) is 108 Å². The Labute approximate surface area is 288 Å². The molecule has 0 heterocycles. The number of hydrogen-bond acceptors (Lipinski definition) is 5. The molecule has 1 aliphatic rings. The lowest BCUT2D eigenvalue weighted by molar-refractivity contribution is -0.140. The highest BCUT2D eigenvalue weighted by molar-refractivity contribution is 7.92. The SMILES string of the molecule is COc1cccc(N(CC(=O)N(Cc2cccc(Cl)c2)C(Cc2ccccc2)C(=O)NC2CCCCC2)S(=O)(=O)c2ccc(C)cc2)c1. The van der Waals surface area contributed by atoms with E-state index in [4.69, 9.17) is 16.3 Å². The zero-order valence-corrected chi connectivity index (χ0v) is 28.9. The Morgan fingerprint density at radius 2 is 1.56 bits per heavy atom. The highest BCUT2D eigenvalue weighted by Crippen LogP contribution is 2.28. The molecule has 48 heavy (non-hydrogen) atoms. The summed E-state index contributed by atoms with van der Waals surface area (Å²) >= 11 is 6.36. The maximum atomic E-state index is 14.7. The molecule has 1 atom stereocenters. The number of methoxy groups -OCH3 is 1. The van der Waals surface area contributed by atoms with E-state index in [9.17, 15) is 18.0 Å². The number of nitrogens with zero attached hydrogens (tertiary/aromatic N) is 2. The second kappa shape index (κ2) is 16.2. The molecule has 0 bridgehead atoms. The second-order valence-corrected chi connectivity index (χ2v) is 14.5. The number of ether oxygens (including phenoxy) is 1. The van der Waals surface area contributed by atoms with Crippen LogP contribution in [0.4, 0.5) is 5.69 Å². The summed E-state index contributed by atoms with van der Waals surface area (Å²) in [5.41, 5.74) is 2.76. The minimum absolute atomic E-state index is 0.0165. The van der Waals surface area contributed by atoms with Crippen molar-refractivity contribution in [2.45, 2.75) is 69.0 Å². The van der Waals surface area contributed by atoms with Crippen LogP contribution in [-0.4, -0.2) is 50.9 Å². The van der Waals surface area contributed by atoms with Gasteiger partial charge >= 0.3 is 0 Å². The monoisotopic (exact) mass is 687 g/mol. The van der Waals surface area contributed by atoms with E-state index in [0.29, 0.717) is 16.3 Å². The topological polar surface area (TPSA) is 96.0 Å². The molecular weight excluding hydrogens is 646 g/mol. The number of benzene rings is 4. The first-order valence-electron chi connectivity index (χ1n) is 16.3. The first-order valence-corrected chi connectivity index (χ1v) is 18.1. The number of anilines is 1. The van der Waals surface area contributed by atoms with Crippen molar-refractivity contribution in [1.29, 1.82) is 0 Å². The molecule has 10 heteroatoms. The van der Waals surface area contributed by atoms with Crippen molar-refractivity contribution in [2.24, 2.45) is 0 Å². The highest BCUT2D eigenvalue weighted by Gasteiger charge is 2.35. The maximum Gasteiger partial charge on any atom is 0.264 e. The summed E-state index contributed by atoms with van der Waals surface area (Å²) in [5.74, 6) is -0.364. The van der Waals surface area contributed by atoms with Crippen molar-refractivity contribution < 1.29 is 22.7 Å². The molecule has 8 nitrogen and oxygen atoms in total. The molecule has 0 radical (unpaired) electrons. The molecule has 1 unspecified atom stereocenters. The normalized spacial score (nSPS) is 14.1. The molecule has 5 rings (SSSR count). The van der Waals surface area contributed by atoms with E-state index >= 15 is 0 Å². The van der Waals surface area contributed by atoms with Crippen LogP contribution >= 0.6 is 11.6 Å². The molecule has 0 saturated heterocycles. The van der Waals surface area contributed by atoms with Crippen LogP contribution in [0.25, 0.3) is 0 Å². The van der Waals surface area contributed by atoms with Crippen molar-refractivity contribution >= 4 is 39.1 Å². The van der Waals surface area contributed by atoms with E-state index < -0.39 is 28.5 Å². The molecule has 0 aromatic heterocycles. The van der Waals surface area contributed by atoms with Gasteiger partial charge in [-0.2, -0.15) is 0 Å². The van der Waals surface area contributed by atoms with Gasteiger partial charge in [-0.25, -0.2) is 8.42 Å². The first kappa shape index (κ1) is 35.0. The Balaban J connectivity index is 1.57. The number of carbonyl (C=O) groups excluding carboxylic acids is 2. The summed E-state index contributed by atoms with van der Waals surface area (Å²) < 4.78 is 35.1. The van der Waals surface area contributed by atoms with Gasteiger partial charge in [-0.05, 0) is 67.3 Å². The van der Waals surface area contributed by atoms with Gasteiger partial charge in [0.05, 0.1) is 17.7 Å². The summed E-state index contributed by atoms with van der Waals surface area (Å²) in [6, 6.07) is 28.8. The Morgan fingerprint density at radius 3 is 2.25 bits per heavy atom. The quantitative estimate of drug-likeness (QED) is 0.164. The summed E-state index contributed by atoms with van der Waals surface area (Å²) in [5, 5.41) is 3.72. The first-order chi connectivity index (χ1) is 23.1. The van der Waals surface area contributed by atoms with Gasteiger partial charge < -0.3 is 15.0 Å². The van der Waals surface area contributed by atoms with Crippen molar-refractivity contribution in [3.05, 3.63) is 125 Å². The van der Waals surface area contributed by atoms with E-state index in [0.717, 1.165) is 47.5 Å². The number of sulfonamides is 1. The summed E-state index contributed by atoms with van der Waals surface area (Å²) in [6.45, 7) is 1.37. The van der Waals surface area contributed by atoms with Gasteiger partial charge in [0.2, 0.25) is 11.8 Å². The lowest BCUT2D eigenvalue weighted by Crippen LogP contribution is -2.55. The average Bonchev–Trinajstić information content (AvgIpc) is 3.09. The second-order valence-electron chi connectivity index (χ2n) is 12.2. The van der Waals surface area contributed by atoms with Gasteiger partial charge in [-0.1, -0.05) is 97.1 Å². The van der Waals surface area contributed by atoms with Crippen molar-refractivity contribution in [3.8, 4) is 5.75 Å². The van der Waals surface area contributed by atoms with Gasteiger partial charge in [0.25, 0.3) is 10.0 Å². The fourth-order valence-electron chi connectivity index (χ4n) is 6.06. The smallest absolute Gasteiger partial charge is 0.264 e. The predicted octanol–water partition coefficient (Wildman–Crippen LogP) is 6.94. The van der Waals surface area contributed by atoms with Gasteiger partial charge in [-0.3, -0.25) is 13.9 Å². The van der Waals surface area contributed by atoms with Crippen LogP contribution in [-0.2, 0) is 32.6 Å². The minimum Gasteiger partial charge on any atom is -0.497 e. The fourth-order valence-corrected chi connectivity index (χ4v) is 7.68. The van der Waals surface area contributed by atoms with Crippen LogP contribution in [0.1, 0.15) is 48.8 Å². The van der Waals surface area contributed by atoms with E-state index in [2.05, 4.69) is 5.32 Å². The third-order valence-corrected chi connectivity index (χ3v) is 10.7. The molecule has 4 aromatic rings. The Hall–Kier alpha value is -4.34. The minimum atomic E-state index is -4.22. The summed E-state index contributed by atoms with van der Waals surface area (Å²) in [7, 11) is -2.73. The van der Waals surface area contributed by atoms with Crippen LogP contribution in [0.3, 0.4) is 0 Å². The molecule has 4 aromatic carbocycles. The van der Waals surface area contributed by atoms with E-state index in [1.54, 1.807) is 54.6 Å². The van der Waals surface area contributed by atoms with Gasteiger partial charge in [0, 0.05) is 30.1 Å². The summed E-state index contributed by atoms with van der Waals surface area (Å²) in [4.78, 5) is 30.5. The number of hydrogen-bond donors (Lipinski definition) is 1. The third kappa shape index (κ3) is 8.96. The highest BCUT2D eigenvalue weighted by atomic mass is 35.5. The van der Waals surface area contributed by atoms with Crippen LogP contribution in [0, 0.1) is 6.92 Å². The molecule has 1 fully saturated rings. The summed E-state index contributed by atoms with van der Waals surface area (Å²) in [6.07, 6.45) is 5.21. The standard InChI is InChI=1S/C38H42ClN3O5S/c1-28-19-21-35(22-20-28)48(45,46)42(33-17-10-18-34(25-33)47-2)27-37(43)41(26-30-13-9-14-31(39)23-30)36(24-29-11-5-3-6-12-29)38(44)40-32-15-7-4-8-16-32/h3,5-6,9-14,17-23,25,32,36H,4,7-8,15-16,24,26-27H2,1-2H3,(H,40,44).